The Labute approximate surface area is 155 Å². The number of rotatable bonds is 7. The van der Waals surface area contributed by atoms with Crippen LogP contribution in [0.5, 0.6) is 0 Å². The standard InChI is InChI=1S/C17H21FN6O3/c1-10(2)17(15(26)21-16(27)22-17)9-20-14(25)13(8-19)23-24(3)12-6-4-11(18)5-7-12/h4-8,10,19H,9H2,1-3H3,(H,20,25)(H2,21,22,26,27)/b19-8?,23-13+. The third-order valence-corrected chi connectivity index (χ3v) is 4.31. The van der Waals surface area contributed by atoms with Gasteiger partial charge in [-0.2, -0.15) is 5.10 Å². The quantitative estimate of drug-likeness (QED) is 0.316. The van der Waals surface area contributed by atoms with Crippen molar-refractivity contribution in [3.8, 4) is 0 Å². The number of hydrazone groups is 1. The molecule has 1 aliphatic heterocycles. The van der Waals surface area contributed by atoms with E-state index in [1.54, 1.807) is 20.9 Å². The number of nitrogens with one attached hydrogen (secondary N) is 4. The highest BCUT2D eigenvalue weighted by Gasteiger charge is 2.48. The SMILES string of the molecule is CC(C)C1(CNC(=O)/C(C=N)=N/N(C)c2ccc(F)cc2)NC(=O)NC1=O. The lowest BCUT2D eigenvalue weighted by Crippen LogP contribution is -2.59. The van der Waals surface area contributed by atoms with Gasteiger partial charge in [-0.05, 0) is 30.2 Å². The number of urea groups is 1. The van der Waals surface area contributed by atoms with Crippen molar-refractivity contribution in [3.05, 3.63) is 30.1 Å². The molecule has 1 fully saturated rings. The van der Waals surface area contributed by atoms with E-state index < -0.39 is 29.2 Å². The van der Waals surface area contributed by atoms with Crippen molar-refractivity contribution < 1.29 is 18.8 Å². The predicted octanol–water partition coefficient (Wildman–Crippen LogP) is 0.618. The zero-order valence-electron chi connectivity index (χ0n) is 15.2. The number of anilines is 1. The summed E-state index contributed by atoms with van der Waals surface area (Å²) >= 11 is 0. The second-order valence-corrected chi connectivity index (χ2v) is 6.35. The number of nitrogens with zero attached hydrogens (tertiary/aromatic N) is 2. The molecule has 1 saturated heterocycles. The summed E-state index contributed by atoms with van der Waals surface area (Å²) in [5, 5.41) is 20.0. The molecular weight excluding hydrogens is 355 g/mol. The van der Waals surface area contributed by atoms with Crippen LogP contribution in [0.1, 0.15) is 13.8 Å². The summed E-state index contributed by atoms with van der Waals surface area (Å²) < 4.78 is 13.0. The molecule has 1 aliphatic rings. The third-order valence-electron chi connectivity index (χ3n) is 4.31. The Balaban J connectivity index is 2.12. The van der Waals surface area contributed by atoms with Gasteiger partial charge in [-0.15, -0.1) is 0 Å². The van der Waals surface area contributed by atoms with E-state index in [1.165, 1.54) is 29.3 Å². The monoisotopic (exact) mass is 376 g/mol. The van der Waals surface area contributed by atoms with Crippen molar-refractivity contribution in [1.82, 2.24) is 16.0 Å². The van der Waals surface area contributed by atoms with Crippen LogP contribution in [-0.2, 0) is 9.59 Å². The highest BCUT2D eigenvalue weighted by Crippen LogP contribution is 2.20. The van der Waals surface area contributed by atoms with Gasteiger partial charge in [0.1, 0.15) is 11.4 Å². The van der Waals surface area contributed by atoms with Crippen molar-refractivity contribution >= 4 is 35.5 Å². The maximum absolute atomic E-state index is 13.0. The maximum Gasteiger partial charge on any atom is 0.322 e. The van der Waals surface area contributed by atoms with E-state index in [2.05, 4.69) is 21.1 Å². The first-order chi connectivity index (χ1) is 12.7. The molecule has 0 aromatic heterocycles. The molecule has 144 valence electrons. The van der Waals surface area contributed by atoms with Crippen molar-refractivity contribution in [3.63, 3.8) is 0 Å². The Hall–Kier alpha value is -3.30. The fourth-order valence-corrected chi connectivity index (χ4v) is 2.57. The van der Waals surface area contributed by atoms with Crippen LogP contribution in [-0.4, -0.2) is 48.9 Å². The molecule has 0 aliphatic carbocycles. The van der Waals surface area contributed by atoms with E-state index in [-0.39, 0.29) is 18.2 Å². The zero-order chi connectivity index (χ0) is 20.2. The third kappa shape index (κ3) is 4.27. The van der Waals surface area contributed by atoms with Crippen LogP contribution in [0.3, 0.4) is 0 Å². The molecule has 1 heterocycles. The van der Waals surface area contributed by atoms with Crippen LogP contribution in [0, 0.1) is 17.1 Å². The lowest BCUT2D eigenvalue weighted by molar-refractivity contribution is -0.125. The lowest BCUT2D eigenvalue weighted by atomic mass is 9.86. The Kier molecular flexibility index (Phi) is 5.88. The normalized spacial score (nSPS) is 19.5. The van der Waals surface area contributed by atoms with Crippen molar-refractivity contribution in [1.29, 1.82) is 5.41 Å². The number of carbonyl (C=O) groups excluding carboxylic acids is 3. The van der Waals surface area contributed by atoms with Gasteiger partial charge in [-0.25, -0.2) is 9.18 Å². The van der Waals surface area contributed by atoms with Crippen LogP contribution < -0.4 is 21.0 Å². The Morgan fingerprint density at radius 2 is 2.00 bits per heavy atom. The number of benzene rings is 1. The molecule has 1 aromatic carbocycles. The van der Waals surface area contributed by atoms with Crippen LogP contribution in [0.2, 0.25) is 0 Å². The van der Waals surface area contributed by atoms with Gasteiger partial charge in [-0.3, -0.25) is 19.9 Å². The molecule has 0 spiro atoms. The van der Waals surface area contributed by atoms with E-state index in [0.29, 0.717) is 5.69 Å². The molecule has 4 N–H and O–H groups in total. The fourth-order valence-electron chi connectivity index (χ4n) is 2.57. The molecular formula is C17H21FN6O3. The van der Waals surface area contributed by atoms with Crippen LogP contribution in [0.4, 0.5) is 14.9 Å². The van der Waals surface area contributed by atoms with Gasteiger partial charge in [0, 0.05) is 7.05 Å². The van der Waals surface area contributed by atoms with Gasteiger partial charge >= 0.3 is 6.03 Å². The first-order valence-corrected chi connectivity index (χ1v) is 8.19. The van der Waals surface area contributed by atoms with Crippen LogP contribution >= 0.6 is 0 Å². The molecule has 0 bridgehead atoms. The van der Waals surface area contributed by atoms with Gasteiger partial charge in [0.2, 0.25) is 0 Å². The summed E-state index contributed by atoms with van der Waals surface area (Å²) in [6.07, 6.45) is 0.769. The van der Waals surface area contributed by atoms with Crippen molar-refractivity contribution in [2.45, 2.75) is 19.4 Å². The Bertz CT molecular complexity index is 792. The molecule has 1 unspecified atom stereocenters. The summed E-state index contributed by atoms with van der Waals surface area (Å²) in [5.41, 5.74) is -0.974. The number of imide groups is 1. The predicted molar refractivity (Wildman–Crippen MR) is 98.3 cm³/mol. The smallest absolute Gasteiger partial charge is 0.322 e. The number of amides is 4. The molecule has 1 aromatic rings. The maximum atomic E-state index is 13.0. The molecule has 4 amide bonds. The van der Waals surface area contributed by atoms with Gasteiger partial charge in [-0.1, -0.05) is 13.8 Å². The molecule has 27 heavy (non-hydrogen) atoms. The summed E-state index contributed by atoms with van der Waals surface area (Å²) in [4.78, 5) is 36.0. The van der Waals surface area contributed by atoms with E-state index in [1.807, 2.05) is 0 Å². The Morgan fingerprint density at radius 1 is 1.37 bits per heavy atom. The highest BCUT2D eigenvalue weighted by atomic mass is 19.1. The number of carbonyl (C=O) groups is 3. The minimum absolute atomic E-state index is 0.159. The second-order valence-electron chi connectivity index (χ2n) is 6.35. The summed E-state index contributed by atoms with van der Waals surface area (Å²) in [7, 11) is 1.55. The van der Waals surface area contributed by atoms with Gasteiger partial charge in [0.25, 0.3) is 11.8 Å². The number of hydrogen-bond donors (Lipinski definition) is 4. The molecule has 10 heteroatoms. The molecule has 0 saturated carbocycles. The molecule has 1 atom stereocenters. The topological polar surface area (TPSA) is 127 Å². The molecule has 9 nitrogen and oxygen atoms in total. The minimum atomic E-state index is -1.28. The van der Waals surface area contributed by atoms with E-state index in [4.69, 9.17) is 5.41 Å². The zero-order valence-corrected chi connectivity index (χ0v) is 15.2. The van der Waals surface area contributed by atoms with Crippen molar-refractivity contribution in [2.24, 2.45) is 11.0 Å². The average Bonchev–Trinajstić information content (AvgIpc) is 2.92. The summed E-state index contributed by atoms with van der Waals surface area (Å²) in [6, 6.07) is 4.83. The summed E-state index contributed by atoms with van der Waals surface area (Å²) in [6.45, 7) is 3.32. The van der Waals surface area contributed by atoms with Gasteiger partial charge < -0.3 is 16.0 Å². The van der Waals surface area contributed by atoms with Crippen LogP contribution in [0.25, 0.3) is 0 Å². The van der Waals surface area contributed by atoms with Gasteiger partial charge in [0.05, 0.1) is 18.4 Å². The highest BCUT2D eigenvalue weighted by molar-refractivity contribution is 6.60. The first kappa shape index (κ1) is 20.0. The van der Waals surface area contributed by atoms with Crippen molar-refractivity contribution in [2.75, 3.05) is 18.6 Å². The largest absolute Gasteiger partial charge is 0.348 e. The molecule has 0 radical (unpaired) electrons. The fraction of sp³-hybridized carbons (Fsp3) is 0.353. The number of halogens is 1. The van der Waals surface area contributed by atoms with E-state index in [0.717, 1.165) is 6.21 Å². The summed E-state index contributed by atoms with van der Waals surface area (Å²) in [5.74, 6) is -1.91. The van der Waals surface area contributed by atoms with Crippen LogP contribution in [0.15, 0.2) is 29.4 Å². The lowest BCUT2D eigenvalue weighted by Gasteiger charge is -2.30. The van der Waals surface area contributed by atoms with E-state index in [9.17, 15) is 18.8 Å². The average molecular weight is 376 g/mol. The molecule has 2 rings (SSSR count). The number of hydrogen-bond acceptors (Lipinski definition) is 6. The first-order valence-electron chi connectivity index (χ1n) is 8.19. The second kappa shape index (κ2) is 7.94. The van der Waals surface area contributed by atoms with Gasteiger partial charge in [0.15, 0.2) is 5.71 Å². The Morgan fingerprint density at radius 3 is 2.48 bits per heavy atom. The van der Waals surface area contributed by atoms with E-state index >= 15 is 0 Å². The minimum Gasteiger partial charge on any atom is -0.348 e.